The zero-order valence-corrected chi connectivity index (χ0v) is 14.2. The standard InChI is InChI=1S/C18H14F3N3O4/c19-18(20,21)10-2-1-3-11(4-10)26-12-5-13(6-12)27-17-9-22-14(8-23-17)15-7-16(25)24-28-15/h1-4,7-9,12-13H,5-6H2,(H,24,25)/p-1. The molecule has 2 aromatic heterocycles. The molecule has 0 amide bonds. The second kappa shape index (κ2) is 7.02. The van der Waals surface area contributed by atoms with Gasteiger partial charge in [0, 0.05) is 24.8 Å². The van der Waals surface area contributed by atoms with Crippen LogP contribution < -0.4 is 14.6 Å². The lowest BCUT2D eigenvalue weighted by atomic mass is 9.92. The number of alkyl halides is 3. The van der Waals surface area contributed by atoms with E-state index in [0.29, 0.717) is 18.5 Å². The molecule has 28 heavy (non-hydrogen) atoms. The molecular weight excluding hydrogens is 379 g/mol. The summed E-state index contributed by atoms with van der Waals surface area (Å²) in [5, 5.41) is 14.2. The van der Waals surface area contributed by atoms with Crippen molar-refractivity contribution < 1.29 is 32.3 Å². The lowest BCUT2D eigenvalue weighted by Gasteiger charge is -2.35. The van der Waals surface area contributed by atoms with Crippen LogP contribution >= 0.6 is 0 Å². The van der Waals surface area contributed by atoms with E-state index in [0.717, 1.165) is 12.1 Å². The third kappa shape index (κ3) is 4.00. The molecule has 10 heteroatoms. The molecular formula is C18H13F3N3O4-. The molecule has 0 spiro atoms. The van der Waals surface area contributed by atoms with Crippen LogP contribution in [0.4, 0.5) is 13.2 Å². The molecule has 1 fully saturated rings. The van der Waals surface area contributed by atoms with Crippen molar-refractivity contribution in [2.24, 2.45) is 0 Å². The van der Waals surface area contributed by atoms with Crippen molar-refractivity contribution in [2.75, 3.05) is 0 Å². The first-order valence-corrected chi connectivity index (χ1v) is 8.33. The highest BCUT2D eigenvalue weighted by atomic mass is 19.4. The summed E-state index contributed by atoms with van der Waals surface area (Å²) in [4.78, 5) is 8.19. The van der Waals surface area contributed by atoms with Crippen LogP contribution in [-0.2, 0) is 6.18 Å². The van der Waals surface area contributed by atoms with E-state index >= 15 is 0 Å². The number of aromatic nitrogens is 3. The molecule has 1 aromatic carbocycles. The van der Waals surface area contributed by atoms with Crippen LogP contribution in [0.1, 0.15) is 18.4 Å². The summed E-state index contributed by atoms with van der Waals surface area (Å²) in [5.74, 6) is 0.168. The molecule has 1 saturated carbocycles. The number of hydrogen-bond acceptors (Lipinski definition) is 7. The van der Waals surface area contributed by atoms with E-state index in [1.807, 2.05) is 0 Å². The fourth-order valence-electron chi connectivity index (χ4n) is 2.70. The zero-order valence-electron chi connectivity index (χ0n) is 14.2. The average molecular weight is 392 g/mol. The van der Waals surface area contributed by atoms with Crippen molar-refractivity contribution in [3.05, 3.63) is 48.3 Å². The number of nitrogens with zero attached hydrogens (tertiary/aromatic N) is 3. The van der Waals surface area contributed by atoms with Gasteiger partial charge in [0.25, 0.3) is 0 Å². The SMILES string of the molecule is [O-]c1cc(-c2cnc(OC3CC(Oc4cccc(C(F)(F)F)c4)C3)cn2)on1. The highest BCUT2D eigenvalue weighted by molar-refractivity contribution is 5.51. The van der Waals surface area contributed by atoms with Crippen LogP contribution in [0.25, 0.3) is 11.5 Å². The van der Waals surface area contributed by atoms with Crippen LogP contribution in [0.2, 0.25) is 0 Å². The minimum atomic E-state index is -4.41. The Bertz CT molecular complexity index is 953. The van der Waals surface area contributed by atoms with E-state index in [2.05, 4.69) is 15.1 Å². The van der Waals surface area contributed by atoms with Gasteiger partial charge < -0.3 is 19.1 Å². The number of benzene rings is 1. The van der Waals surface area contributed by atoms with Crippen LogP contribution in [0.5, 0.6) is 17.5 Å². The van der Waals surface area contributed by atoms with Gasteiger partial charge in [-0.05, 0) is 18.2 Å². The third-order valence-electron chi connectivity index (χ3n) is 4.17. The molecule has 146 valence electrons. The maximum Gasteiger partial charge on any atom is 0.416 e. The largest absolute Gasteiger partial charge is 0.856 e. The maximum absolute atomic E-state index is 12.7. The second-order valence-electron chi connectivity index (χ2n) is 6.25. The first-order valence-electron chi connectivity index (χ1n) is 8.33. The monoisotopic (exact) mass is 392 g/mol. The van der Waals surface area contributed by atoms with E-state index in [-0.39, 0.29) is 29.6 Å². The molecule has 1 aliphatic carbocycles. The summed E-state index contributed by atoms with van der Waals surface area (Å²) in [5.41, 5.74) is -0.398. The van der Waals surface area contributed by atoms with E-state index < -0.39 is 17.6 Å². The summed E-state index contributed by atoms with van der Waals surface area (Å²) in [6.45, 7) is 0. The minimum absolute atomic E-state index is 0.172. The third-order valence-corrected chi connectivity index (χ3v) is 4.17. The topological polar surface area (TPSA) is 93.3 Å². The number of ether oxygens (including phenoxy) is 2. The Morgan fingerprint density at radius 3 is 2.46 bits per heavy atom. The molecule has 4 rings (SSSR count). The fraction of sp³-hybridized carbons (Fsp3) is 0.278. The number of rotatable bonds is 5. The molecule has 3 aromatic rings. The van der Waals surface area contributed by atoms with Crippen molar-refractivity contribution in [2.45, 2.75) is 31.2 Å². The zero-order chi connectivity index (χ0) is 19.7. The summed E-state index contributed by atoms with van der Waals surface area (Å²) in [7, 11) is 0. The van der Waals surface area contributed by atoms with Gasteiger partial charge in [-0.2, -0.15) is 13.2 Å². The van der Waals surface area contributed by atoms with Gasteiger partial charge in [0.2, 0.25) is 5.88 Å². The average Bonchev–Trinajstić information content (AvgIpc) is 3.06. The lowest BCUT2D eigenvalue weighted by molar-refractivity contribution is -0.277. The highest BCUT2D eigenvalue weighted by Gasteiger charge is 2.34. The predicted molar refractivity (Wildman–Crippen MR) is 86.5 cm³/mol. The van der Waals surface area contributed by atoms with Crippen molar-refractivity contribution in [3.63, 3.8) is 0 Å². The van der Waals surface area contributed by atoms with Crippen molar-refractivity contribution >= 4 is 0 Å². The van der Waals surface area contributed by atoms with Gasteiger partial charge in [-0.25, -0.2) is 9.97 Å². The second-order valence-corrected chi connectivity index (χ2v) is 6.25. The van der Waals surface area contributed by atoms with Crippen molar-refractivity contribution in [1.29, 1.82) is 0 Å². The highest BCUT2D eigenvalue weighted by Crippen LogP contribution is 2.34. The Hall–Kier alpha value is -3.30. The van der Waals surface area contributed by atoms with Crippen LogP contribution in [-0.4, -0.2) is 27.3 Å². The van der Waals surface area contributed by atoms with Crippen molar-refractivity contribution in [3.8, 4) is 29.0 Å². The summed E-state index contributed by atoms with van der Waals surface area (Å²) in [6, 6.07) is 5.98. The lowest BCUT2D eigenvalue weighted by Crippen LogP contribution is -2.41. The summed E-state index contributed by atoms with van der Waals surface area (Å²) < 4.78 is 54.2. The molecule has 0 radical (unpaired) electrons. The molecule has 2 heterocycles. The Kier molecular flexibility index (Phi) is 4.54. The molecule has 0 N–H and O–H groups in total. The Labute approximate surface area is 156 Å². The van der Waals surface area contributed by atoms with E-state index in [9.17, 15) is 18.3 Å². The van der Waals surface area contributed by atoms with Gasteiger partial charge in [0.1, 0.15) is 23.7 Å². The van der Waals surface area contributed by atoms with E-state index in [1.165, 1.54) is 30.6 Å². The van der Waals surface area contributed by atoms with E-state index in [4.69, 9.17) is 14.0 Å². The van der Waals surface area contributed by atoms with Gasteiger partial charge in [0.05, 0.1) is 18.0 Å². The smallest absolute Gasteiger partial charge is 0.416 e. The molecule has 7 nitrogen and oxygen atoms in total. The Balaban J connectivity index is 1.29. The molecule has 0 aliphatic heterocycles. The maximum atomic E-state index is 12.7. The normalized spacial score (nSPS) is 19.1. The van der Waals surface area contributed by atoms with Crippen molar-refractivity contribution in [1.82, 2.24) is 15.1 Å². The number of hydrogen-bond donors (Lipinski definition) is 0. The van der Waals surface area contributed by atoms with Gasteiger partial charge in [0.15, 0.2) is 5.76 Å². The number of halogens is 3. The van der Waals surface area contributed by atoms with Gasteiger partial charge in [-0.15, -0.1) is 0 Å². The molecule has 0 unspecified atom stereocenters. The van der Waals surface area contributed by atoms with Crippen LogP contribution in [0.15, 0.2) is 47.2 Å². The summed E-state index contributed by atoms with van der Waals surface area (Å²) in [6.07, 6.45) is -0.993. The summed E-state index contributed by atoms with van der Waals surface area (Å²) >= 11 is 0. The molecule has 0 bridgehead atoms. The van der Waals surface area contributed by atoms with Crippen LogP contribution in [0.3, 0.4) is 0 Å². The molecule has 0 atom stereocenters. The van der Waals surface area contributed by atoms with Gasteiger partial charge in [-0.3, -0.25) is 0 Å². The first-order chi connectivity index (χ1) is 13.4. The Morgan fingerprint density at radius 1 is 1.04 bits per heavy atom. The van der Waals surface area contributed by atoms with Gasteiger partial charge >= 0.3 is 6.18 Å². The van der Waals surface area contributed by atoms with Gasteiger partial charge in [-0.1, -0.05) is 11.2 Å². The van der Waals surface area contributed by atoms with Crippen LogP contribution in [0, 0.1) is 0 Å². The Morgan fingerprint density at radius 2 is 1.82 bits per heavy atom. The first kappa shape index (κ1) is 18.1. The fourth-order valence-corrected chi connectivity index (χ4v) is 2.70. The quantitative estimate of drug-likeness (QED) is 0.658. The molecule has 1 aliphatic rings. The predicted octanol–water partition coefficient (Wildman–Crippen LogP) is 3.21. The van der Waals surface area contributed by atoms with E-state index in [1.54, 1.807) is 0 Å². The minimum Gasteiger partial charge on any atom is -0.856 e. The molecule has 0 saturated heterocycles.